The molecule has 1 aliphatic heterocycles. The molecule has 1 aliphatic rings. The van der Waals surface area contributed by atoms with Crippen LogP contribution in [0.2, 0.25) is 4.82 Å². The van der Waals surface area contributed by atoms with Crippen molar-refractivity contribution in [3.05, 3.63) is 29.8 Å². The number of Topliss-reactive ketones (excluding diaryl/α,β-unsaturated/α-hetero) is 1. The molecule has 1 heterocycles. The van der Waals surface area contributed by atoms with E-state index in [0.29, 0.717) is 11.3 Å². The number of carbonyl (C=O) groups is 1. The van der Waals surface area contributed by atoms with Crippen molar-refractivity contribution >= 4 is 20.7 Å². The van der Waals surface area contributed by atoms with Crippen molar-refractivity contribution in [2.45, 2.75) is 11.0 Å². The van der Waals surface area contributed by atoms with Crippen molar-refractivity contribution in [2.24, 2.45) is 0 Å². The standard InChI is InChI=1S/C12H12N2O2Se/c1-14(2)12-11(17-7-13)10(15)8-5-3-4-6-9(8)16-12/h3-6,11-12H,1-2H3. The predicted octanol–water partition coefficient (Wildman–Crippen LogP) is 1.12. The number of hydrogen-bond donors (Lipinski definition) is 0. The zero-order chi connectivity index (χ0) is 12.4. The van der Waals surface area contributed by atoms with E-state index in [9.17, 15) is 4.79 Å². The van der Waals surface area contributed by atoms with Gasteiger partial charge in [-0.25, -0.2) is 0 Å². The van der Waals surface area contributed by atoms with Crippen LogP contribution in [0.4, 0.5) is 0 Å². The molecule has 0 bridgehead atoms. The minimum absolute atomic E-state index is 0.0205. The molecule has 4 nitrogen and oxygen atoms in total. The zero-order valence-electron chi connectivity index (χ0n) is 9.58. The van der Waals surface area contributed by atoms with E-state index >= 15 is 0 Å². The van der Waals surface area contributed by atoms with E-state index in [4.69, 9.17) is 10.00 Å². The van der Waals surface area contributed by atoms with Gasteiger partial charge >= 0.3 is 106 Å². The van der Waals surface area contributed by atoms with E-state index < -0.39 is 15.0 Å². The fourth-order valence-electron chi connectivity index (χ4n) is 1.79. The van der Waals surface area contributed by atoms with Crippen LogP contribution >= 0.6 is 0 Å². The molecule has 1 aromatic rings. The predicted molar refractivity (Wildman–Crippen MR) is 64.0 cm³/mol. The first-order chi connectivity index (χ1) is 8.15. The number of nitrogens with zero attached hydrogens (tertiary/aromatic N) is 2. The fraction of sp³-hybridized carbons (Fsp3) is 0.333. The molecule has 0 saturated heterocycles. The molecule has 2 rings (SSSR count). The average Bonchev–Trinajstić information content (AvgIpc) is 2.32. The summed E-state index contributed by atoms with van der Waals surface area (Å²) < 4.78 is 5.80. The summed E-state index contributed by atoms with van der Waals surface area (Å²) in [7, 11) is 3.71. The first-order valence-corrected chi connectivity index (χ1v) is 7.00. The van der Waals surface area contributed by atoms with Gasteiger partial charge in [0.15, 0.2) is 0 Å². The van der Waals surface area contributed by atoms with E-state index in [1.165, 1.54) is 0 Å². The quantitative estimate of drug-likeness (QED) is 0.767. The van der Waals surface area contributed by atoms with E-state index in [1.807, 2.05) is 31.1 Å². The Morgan fingerprint density at radius 1 is 1.41 bits per heavy atom. The van der Waals surface area contributed by atoms with Crippen LogP contribution < -0.4 is 4.74 Å². The van der Waals surface area contributed by atoms with E-state index in [2.05, 4.69) is 4.97 Å². The second kappa shape index (κ2) is 4.89. The molecule has 0 fully saturated rings. The van der Waals surface area contributed by atoms with Crippen LogP contribution in [0.1, 0.15) is 10.4 Å². The average molecular weight is 295 g/mol. The first kappa shape index (κ1) is 12.1. The van der Waals surface area contributed by atoms with Crippen molar-refractivity contribution in [1.29, 1.82) is 5.26 Å². The summed E-state index contributed by atoms with van der Waals surface area (Å²) >= 11 is -0.403. The second-order valence-corrected chi connectivity index (χ2v) is 5.91. The number of ether oxygens (including phenoxy) is 1. The fourth-order valence-corrected chi connectivity index (χ4v) is 3.39. The third kappa shape index (κ3) is 2.20. The van der Waals surface area contributed by atoms with Gasteiger partial charge < -0.3 is 0 Å². The van der Waals surface area contributed by atoms with Gasteiger partial charge in [0.25, 0.3) is 0 Å². The van der Waals surface area contributed by atoms with Crippen molar-refractivity contribution in [3.63, 3.8) is 0 Å². The zero-order valence-corrected chi connectivity index (χ0v) is 11.3. The molecular weight excluding hydrogens is 283 g/mol. The molecule has 2 unspecified atom stereocenters. The third-order valence-corrected chi connectivity index (χ3v) is 4.30. The summed E-state index contributed by atoms with van der Waals surface area (Å²) in [6, 6.07) is 7.20. The van der Waals surface area contributed by atoms with Crippen LogP contribution in [-0.4, -0.2) is 46.0 Å². The Kier molecular flexibility index (Phi) is 3.49. The monoisotopic (exact) mass is 296 g/mol. The van der Waals surface area contributed by atoms with Gasteiger partial charge in [0.05, 0.1) is 0 Å². The van der Waals surface area contributed by atoms with Crippen LogP contribution in [0, 0.1) is 10.2 Å². The normalized spacial score (nSPS) is 22.8. The van der Waals surface area contributed by atoms with Gasteiger partial charge in [-0.15, -0.1) is 0 Å². The van der Waals surface area contributed by atoms with Gasteiger partial charge in [0.1, 0.15) is 0 Å². The van der Waals surface area contributed by atoms with Gasteiger partial charge in [-0.2, -0.15) is 0 Å². The maximum atomic E-state index is 12.3. The molecule has 5 heteroatoms. The Morgan fingerprint density at radius 2 is 2.12 bits per heavy atom. The van der Waals surface area contributed by atoms with Crippen molar-refractivity contribution < 1.29 is 9.53 Å². The molecule has 0 spiro atoms. The molecular formula is C12H12N2O2Se. The van der Waals surface area contributed by atoms with Gasteiger partial charge in [0, 0.05) is 0 Å². The van der Waals surface area contributed by atoms with Crippen molar-refractivity contribution in [2.75, 3.05) is 14.1 Å². The SMILES string of the molecule is CN(C)C1Oc2ccccc2C(=O)C1[Se]C#N. The molecule has 88 valence electrons. The summed E-state index contributed by atoms with van der Waals surface area (Å²) in [6.07, 6.45) is -0.336. The Labute approximate surface area is 106 Å². The van der Waals surface area contributed by atoms with Crippen LogP contribution in [0.5, 0.6) is 5.75 Å². The van der Waals surface area contributed by atoms with Gasteiger partial charge in [-0.05, 0) is 0 Å². The van der Waals surface area contributed by atoms with Crippen molar-refractivity contribution in [3.8, 4) is 10.7 Å². The number of hydrogen-bond acceptors (Lipinski definition) is 4. The maximum absolute atomic E-state index is 12.3. The van der Waals surface area contributed by atoms with Crippen molar-refractivity contribution in [1.82, 2.24) is 4.90 Å². The summed E-state index contributed by atoms with van der Waals surface area (Å²) in [5, 5.41) is 8.84. The second-order valence-electron chi connectivity index (χ2n) is 3.96. The number of ketones is 1. The number of rotatable bonds is 2. The molecule has 1 aromatic carbocycles. The Morgan fingerprint density at radius 3 is 2.76 bits per heavy atom. The molecule has 0 N–H and O–H groups in total. The van der Waals surface area contributed by atoms with Crippen LogP contribution in [0.15, 0.2) is 24.3 Å². The molecule has 2 atom stereocenters. The molecule has 0 radical (unpaired) electrons. The van der Waals surface area contributed by atoms with Gasteiger partial charge in [-0.3, -0.25) is 0 Å². The topological polar surface area (TPSA) is 53.3 Å². The number of fused-ring (bicyclic) bond motifs is 1. The van der Waals surface area contributed by atoms with Crippen LogP contribution in [0.3, 0.4) is 0 Å². The Bertz CT molecular complexity index is 482. The molecule has 0 saturated carbocycles. The van der Waals surface area contributed by atoms with E-state index in [-0.39, 0.29) is 16.8 Å². The van der Waals surface area contributed by atoms with E-state index in [0.717, 1.165) is 0 Å². The minimum atomic E-state index is -0.403. The first-order valence-electron chi connectivity index (χ1n) is 5.16. The van der Waals surface area contributed by atoms with Gasteiger partial charge in [0.2, 0.25) is 0 Å². The summed E-state index contributed by atoms with van der Waals surface area (Å²) in [5.74, 6) is 0.633. The number of nitriles is 1. The molecule has 0 amide bonds. The van der Waals surface area contributed by atoms with Crippen LogP contribution in [0.25, 0.3) is 0 Å². The molecule has 0 aliphatic carbocycles. The molecule has 0 aromatic heterocycles. The summed E-state index contributed by atoms with van der Waals surface area (Å²) in [4.78, 5) is 15.9. The van der Waals surface area contributed by atoms with Crippen LogP contribution in [-0.2, 0) is 0 Å². The molecule has 17 heavy (non-hydrogen) atoms. The Hall–Kier alpha value is -1.34. The Balaban J connectivity index is 2.41. The number of para-hydroxylation sites is 1. The summed E-state index contributed by atoms with van der Waals surface area (Å²) in [5.41, 5.74) is 0.590. The third-order valence-electron chi connectivity index (χ3n) is 2.61. The van der Waals surface area contributed by atoms with E-state index in [1.54, 1.807) is 12.1 Å². The number of carbonyl (C=O) groups excluding carboxylic acids is 1. The number of benzene rings is 1. The van der Waals surface area contributed by atoms with Gasteiger partial charge in [-0.1, -0.05) is 0 Å². The summed E-state index contributed by atoms with van der Waals surface area (Å²) in [6.45, 7) is 0.